The highest BCUT2D eigenvalue weighted by Crippen LogP contribution is 2.21. The van der Waals surface area contributed by atoms with E-state index in [9.17, 15) is 9.59 Å². The molecule has 7 heteroatoms. The number of rotatable bonds is 10. The molecule has 0 aliphatic carbocycles. The van der Waals surface area contributed by atoms with Gasteiger partial charge in [-0.1, -0.05) is 36.4 Å². The van der Waals surface area contributed by atoms with Crippen LogP contribution in [0.2, 0.25) is 0 Å². The van der Waals surface area contributed by atoms with Crippen LogP contribution >= 0.6 is 0 Å². The minimum atomic E-state index is -0.425. The summed E-state index contributed by atoms with van der Waals surface area (Å²) in [6, 6.07) is 17.1. The number of amides is 2. The molecule has 0 fully saturated rings. The van der Waals surface area contributed by atoms with Crippen molar-refractivity contribution in [1.29, 1.82) is 0 Å². The van der Waals surface area contributed by atoms with Gasteiger partial charge >= 0.3 is 0 Å². The molecule has 2 rings (SSSR count). The standard InChI is InChI=1S/C20H26N4O3/c1-27-18(12-21)11-20(26)23-16-8-5-9-17(10-16)24(14-19(22)25)13-15-6-3-2-4-7-15/h2-10,18H,11-14,21H2,1H3,(H2,22,25)(H,23,26). The first-order valence-corrected chi connectivity index (χ1v) is 8.71. The van der Waals surface area contributed by atoms with Crippen molar-refractivity contribution in [2.45, 2.75) is 19.1 Å². The number of carbonyl (C=O) groups excluding carboxylic acids is 2. The highest BCUT2D eigenvalue weighted by atomic mass is 16.5. The predicted octanol–water partition coefficient (Wildman–Crippen LogP) is 1.48. The van der Waals surface area contributed by atoms with Crippen LogP contribution in [0.4, 0.5) is 11.4 Å². The number of nitrogens with zero attached hydrogens (tertiary/aromatic N) is 1. The summed E-state index contributed by atoms with van der Waals surface area (Å²) in [6.45, 7) is 0.874. The summed E-state index contributed by atoms with van der Waals surface area (Å²) in [5.74, 6) is -0.611. The van der Waals surface area contributed by atoms with Crippen molar-refractivity contribution < 1.29 is 14.3 Å². The molecule has 5 N–H and O–H groups in total. The minimum absolute atomic E-state index is 0.0746. The van der Waals surface area contributed by atoms with Gasteiger partial charge in [-0.3, -0.25) is 9.59 Å². The van der Waals surface area contributed by atoms with Crippen molar-refractivity contribution in [2.24, 2.45) is 11.5 Å². The fraction of sp³-hybridized carbons (Fsp3) is 0.300. The Bertz CT molecular complexity index is 748. The maximum Gasteiger partial charge on any atom is 0.236 e. The number of benzene rings is 2. The Balaban J connectivity index is 2.13. The number of nitrogens with two attached hydrogens (primary N) is 2. The lowest BCUT2D eigenvalue weighted by atomic mass is 10.1. The summed E-state index contributed by atoms with van der Waals surface area (Å²) in [5.41, 5.74) is 13.4. The monoisotopic (exact) mass is 370 g/mol. The molecule has 0 aliphatic heterocycles. The molecule has 0 saturated carbocycles. The van der Waals surface area contributed by atoms with Crippen LogP contribution in [-0.4, -0.2) is 38.1 Å². The maximum absolute atomic E-state index is 12.2. The predicted molar refractivity (Wildman–Crippen MR) is 106 cm³/mol. The smallest absolute Gasteiger partial charge is 0.236 e. The van der Waals surface area contributed by atoms with Gasteiger partial charge in [0.1, 0.15) is 0 Å². The molecular formula is C20H26N4O3. The summed E-state index contributed by atoms with van der Waals surface area (Å²) in [6.07, 6.45) is -0.149. The lowest BCUT2D eigenvalue weighted by Gasteiger charge is -2.24. The summed E-state index contributed by atoms with van der Waals surface area (Å²) >= 11 is 0. The molecule has 27 heavy (non-hydrogen) atoms. The Morgan fingerprint density at radius 1 is 1.15 bits per heavy atom. The number of ether oxygens (including phenoxy) is 1. The third-order valence-electron chi connectivity index (χ3n) is 4.07. The SMILES string of the molecule is COC(CN)CC(=O)Nc1cccc(N(CC(N)=O)Cc2ccccc2)c1. The molecule has 144 valence electrons. The van der Waals surface area contributed by atoms with E-state index in [4.69, 9.17) is 16.2 Å². The number of carbonyl (C=O) groups is 2. The van der Waals surface area contributed by atoms with Crippen molar-refractivity contribution in [3.05, 3.63) is 60.2 Å². The maximum atomic E-state index is 12.2. The molecule has 0 heterocycles. The number of primary amides is 1. The number of hydrogen-bond donors (Lipinski definition) is 3. The molecule has 0 radical (unpaired) electrons. The van der Waals surface area contributed by atoms with Crippen LogP contribution in [0.15, 0.2) is 54.6 Å². The molecular weight excluding hydrogens is 344 g/mol. The van der Waals surface area contributed by atoms with Crippen LogP contribution in [-0.2, 0) is 20.9 Å². The third kappa shape index (κ3) is 6.73. The normalized spacial score (nSPS) is 11.6. The van der Waals surface area contributed by atoms with E-state index < -0.39 is 5.91 Å². The summed E-state index contributed by atoms with van der Waals surface area (Å²) < 4.78 is 5.13. The average Bonchev–Trinajstić information content (AvgIpc) is 2.66. The first-order valence-electron chi connectivity index (χ1n) is 8.71. The molecule has 0 aromatic heterocycles. The summed E-state index contributed by atoms with van der Waals surface area (Å²) in [7, 11) is 1.52. The average molecular weight is 370 g/mol. The van der Waals surface area contributed by atoms with Gasteiger partial charge in [-0.2, -0.15) is 0 Å². The van der Waals surface area contributed by atoms with Gasteiger partial charge in [0.25, 0.3) is 0 Å². The summed E-state index contributed by atoms with van der Waals surface area (Å²) in [4.78, 5) is 25.5. The molecule has 7 nitrogen and oxygen atoms in total. The van der Waals surface area contributed by atoms with E-state index in [1.807, 2.05) is 53.4 Å². The van der Waals surface area contributed by atoms with Gasteiger partial charge in [0, 0.05) is 31.6 Å². The number of nitrogens with one attached hydrogen (secondary N) is 1. The van der Waals surface area contributed by atoms with Gasteiger partial charge in [-0.15, -0.1) is 0 Å². The van der Waals surface area contributed by atoms with Gasteiger partial charge < -0.3 is 26.4 Å². The molecule has 0 bridgehead atoms. The zero-order valence-electron chi connectivity index (χ0n) is 15.4. The highest BCUT2D eigenvalue weighted by Gasteiger charge is 2.14. The largest absolute Gasteiger partial charge is 0.380 e. The fourth-order valence-corrected chi connectivity index (χ4v) is 2.69. The second-order valence-electron chi connectivity index (χ2n) is 6.20. The van der Waals surface area contributed by atoms with E-state index in [1.165, 1.54) is 7.11 Å². The van der Waals surface area contributed by atoms with E-state index in [2.05, 4.69) is 5.32 Å². The van der Waals surface area contributed by atoms with Crippen molar-refractivity contribution >= 4 is 23.2 Å². The summed E-state index contributed by atoms with van der Waals surface area (Å²) in [5, 5.41) is 2.84. The van der Waals surface area contributed by atoms with Crippen LogP contribution in [0, 0.1) is 0 Å². The first-order chi connectivity index (χ1) is 13.0. The van der Waals surface area contributed by atoms with E-state index in [1.54, 1.807) is 6.07 Å². The lowest BCUT2D eigenvalue weighted by Crippen LogP contribution is -2.33. The first kappa shape index (κ1) is 20.4. The number of hydrogen-bond acceptors (Lipinski definition) is 5. The lowest BCUT2D eigenvalue weighted by molar-refractivity contribution is -0.118. The van der Waals surface area contributed by atoms with Crippen molar-refractivity contribution in [2.75, 3.05) is 30.4 Å². The molecule has 0 saturated heterocycles. The minimum Gasteiger partial charge on any atom is -0.380 e. The van der Waals surface area contributed by atoms with Crippen molar-refractivity contribution in [1.82, 2.24) is 0 Å². The quantitative estimate of drug-likeness (QED) is 0.587. The van der Waals surface area contributed by atoms with E-state index >= 15 is 0 Å². The Hall–Kier alpha value is -2.90. The Kier molecular flexibility index (Phi) is 7.79. The van der Waals surface area contributed by atoms with Crippen LogP contribution in [0.25, 0.3) is 0 Å². The van der Waals surface area contributed by atoms with Crippen LogP contribution in [0.5, 0.6) is 0 Å². The van der Waals surface area contributed by atoms with Gasteiger partial charge in [-0.25, -0.2) is 0 Å². The number of anilines is 2. The van der Waals surface area contributed by atoms with Crippen LogP contribution < -0.4 is 21.7 Å². The van der Waals surface area contributed by atoms with E-state index in [-0.39, 0.29) is 31.5 Å². The highest BCUT2D eigenvalue weighted by molar-refractivity contribution is 5.91. The Morgan fingerprint density at radius 3 is 2.52 bits per heavy atom. The molecule has 0 aliphatic rings. The third-order valence-corrected chi connectivity index (χ3v) is 4.07. The van der Waals surface area contributed by atoms with Gasteiger partial charge in [-0.05, 0) is 23.8 Å². The Labute approximate surface area is 159 Å². The topological polar surface area (TPSA) is 111 Å². The second-order valence-corrected chi connectivity index (χ2v) is 6.20. The Morgan fingerprint density at radius 2 is 1.89 bits per heavy atom. The molecule has 1 atom stereocenters. The molecule has 1 unspecified atom stereocenters. The van der Waals surface area contributed by atoms with Gasteiger partial charge in [0.05, 0.1) is 19.1 Å². The molecule has 2 amide bonds. The van der Waals surface area contributed by atoms with Crippen molar-refractivity contribution in [3.8, 4) is 0 Å². The molecule has 2 aromatic carbocycles. The van der Waals surface area contributed by atoms with Crippen molar-refractivity contribution in [3.63, 3.8) is 0 Å². The fourth-order valence-electron chi connectivity index (χ4n) is 2.69. The zero-order chi connectivity index (χ0) is 19.6. The molecule has 2 aromatic rings. The van der Waals surface area contributed by atoms with E-state index in [0.717, 1.165) is 11.3 Å². The molecule has 0 spiro atoms. The van der Waals surface area contributed by atoms with E-state index in [0.29, 0.717) is 12.2 Å². The van der Waals surface area contributed by atoms with Crippen LogP contribution in [0.3, 0.4) is 0 Å². The number of methoxy groups -OCH3 is 1. The van der Waals surface area contributed by atoms with Gasteiger partial charge in [0.2, 0.25) is 11.8 Å². The van der Waals surface area contributed by atoms with Crippen LogP contribution in [0.1, 0.15) is 12.0 Å². The van der Waals surface area contributed by atoms with Gasteiger partial charge in [0.15, 0.2) is 0 Å². The zero-order valence-corrected chi connectivity index (χ0v) is 15.4. The second kappa shape index (κ2) is 10.3.